The van der Waals surface area contributed by atoms with E-state index in [1.54, 1.807) is 12.5 Å². The maximum Gasteiger partial charge on any atom is 0.253 e. The first kappa shape index (κ1) is 12.6. The highest BCUT2D eigenvalue weighted by Gasteiger charge is 2.60. The van der Waals surface area contributed by atoms with Gasteiger partial charge in [0, 0.05) is 17.1 Å². The molecule has 1 atom stereocenters. The van der Waals surface area contributed by atoms with E-state index in [1.165, 1.54) is 38.8 Å². The van der Waals surface area contributed by atoms with Crippen molar-refractivity contribution in [2.45, 2.75) is 37.3 Å². The first-order valence-corrected chi connectivity index (χ1v) is 8.15. The molecular formula is C17H19N3O2. The van der Waals surface area contributed by atoms with Gasteiger partial charge in [-0.1, -0.05) is 0 Å². The minimum Gasteiger partial charge on any atom is -0.446 e. The molecule has 0 radical (unpaired) electrons. The van der Waals surface area contributed by atoms with Gasteiger partial charge in [0.05, 0.1) is 17.9 Å². The highest BCUT2D eigenvalue weighted by atomic mass is 16.3. The van der Waals surface area contributed by atoms with Gasteiger partial charge in [-0.05, 0) is 56.8 Å². The lowest BCUT2D eigenvalue weighted by atomic mass is 9.77. The van der Waals surface area contributed by atoms with Crippen molar-refractivity contribution in [3.63, 3.8) is 0 Å². The molecule has 2 bridgehead atoms. The van der Waals surface area contributed by atoms with Crippen LogP contribution in [0, 0.1) is 5.92 Å². The number of fused-ring (bicyclic) bond motifs is 3. The number of nitrogens with one attached hydrogen (secondary N) is 1. The molecule has 114 valence electrons. The summed E-state index contributed by atoms with van der Waals surface area (Å²) in [5.41, 5.74) is 1.48. The Labute approximate surface area is 128 Å². The van der Waals surface area contributed by atoms with Gasteiger partial charge in [-0.3, -0.25) is 9.69 Å². The van der Waals surface area contributed by atoms with Gasteiger partial charge in [0.2, 0.25) is 5.71 Å². The van der Waals surface area contributed by atoms with Crippen LogP contribution in [0.5, 0.6) is 0 Å². The topological polar surface area (TPSA) is 58.4 Å². The lowest BCUT2D eigenvalue weighted by Gasteiger charge is -2.52. The monoisotopic (exact) mass is 297 g/mol. The van der Waals surface area contributed by atoms with E-state index in [2.05, 4.69) is 15.2 Å². The number of furan rings is 1. The molecule has 22 heavy (non-hydrogen) atoms. The molecule has 5 heteroatoms. The maximum atomic E-state index is 12.7. The van der Waals surface area contributed by atoms with Crippen molar-refractivity contribution in [3.05, 3.63) is 30.2 Å². The molecular weight excluding hydrogens is 278 g/mol. The zero-order chi connectivity index (χ0) is 14.7. The predicted octanol–water partition coefficient (Wildman–Crippen LogP) is 2.18. The normalized spacial score (nSPS) is 31.5. The number of amides is 1. The second-order valence-corrected chi connectivity index (χ2v) is 6.92. The smallest absolute Gasteiger partial charge is 0.253 e. The average molecular weight is 297 g/mol. The number of aromatic nitrogens is 1. The summed E-state index contributed by atoms with van der Waals surface area (Å²) < 4.78 is 5.24. The van der Waals surface area contributed by atoms with E-state index in [0.29, 0.717) is 23.2 Å². The molecule has 0 unspecified atom stereocenters. The zero-order valence-electron chi connectivity index (χ0n) is 12.4. The van der Waals surface area contributed by atoms with Crippen molar-refractivity contribution in [2.24, 2.45) is 5.92 Å². The average Bonchev–Trinajstić information content (AvgIpc) is 3.18. The maximum absolute atomic E-state index is 12.7. The van der Waals surface area contributed by atoms with E-state index in [-0.39, 0.29) is 11.4 Å². The predicted molar refractivity (Wildman–Crippen MR) is 81.5 cm³/mol. The number of nitrogens with zero attached hydrogens (tertiary/aromatic N) is 2. The van der Waals surface area contributed by atoms with E-state index in [9.17, 15) is 4.79 Å². The molecule has 5 heterocycles. The van der Waals surface area contributed by atoms with Crippen LogP contribution >= 0.6 is 0 Å². The number of hydrogen-bond donors (Lipinski definition) is 1. The second-order valence-electron chi connectivity index (χ2n) is 6.92. The summed E-state index contributed by atoms with van der Waals surface area (Å²) in [5.74, 6) is 0.641. The Morgan fingerprint density at radius 1 is 1.36 bits per heavy atom. The molecule has 4 fully saturated rings. The fourth-order valence-corrected chi connectivity index (χ4v) is 4.53. The van der Waals surface area contributed by atoms with E-state index in [4.69, 9.17) is 4.42 Å². The van der Waals surface area contributed by atoms with E-state index < -0.39 is 0 Å². The minimum absolute atomic E-state index is 0.000579. The SMILES string of the molecule is O=C(N[C@H]1C2CCN(CC2)C12CC2)c1cnc2occc2c1. The molecule has 2 aromatic heterocycles. The van der Waals surface area contributed by atoms with Crippen LogP contribution < -0.4 is 5.32 Å². The quantitative estimate of drug-likeness (QED) is 0.923. The highest BCUT2D eigenvalue weighted by Crippen LogP contribution is 2.53. The number of rotatable bonds is 2. The van der Waals surface area contributed by atoms with Crippen LogP contribution in [-0.4, -0.2) is 40.5 Å². The van der Waals surface area contributed by atoms with Crippen LogP contribution in [-0.2, 0) is 0 Å². The second kappa shape index (κ2) is 4.32. The van der Waals surface area contributed by atoms with E-state index >= 15 is 0 Å². The van der Waals surface area contributed by atoms with Crippen molar-refractivity contribution in [2.75, 3.05) is 13.1 Å². The number of pyridine rings is 1. The molecule has 0 aromatic carbocycles. The third kappa shape index (κ3) is 1.69. The summed E-state index contributed by atoms with van der Waals surface area (Å²) in [6, 6.07) is 4.01. The van der Waals surface area contributed by atoms with Gasteiger partial charge in [-0.25, -0.2) is 4.98 Å². The standard InChI is InChI=1S/C17H19N3O2/c21-15(13-9-12-3-8-22-16(12)18-10-13)19-14-11-1-6-20(7-2-11)17(14)4-5-17/h3,8-11,14H,1-2,4-7H2,(H,19,21)/t14-/m0/s1. The van der Waals surface area contributed by atoms with Crippen LogP contribution in [0.15, 0.2) is 29.0 Å². The third-order valence-corrected chi connectivity index (χ3v) is 5.84. The van der Waals surface area contributed by atoms with Gasteiger partial charge in [0.15, 0.2) is 0 Å². The largest absolute Gasteiger partial charge is 0.446 e. The van der Waals surface area contributed by atoms with Crippen LogP contribution in [0.2, 0.25) is 0 Å². The van der Waals surface area contributed by atoms with Crippen LogP contribution in [0.1, 0.15) is 36.0 Å². The summed E-state index contributed by atoms with van der Waals surface area (Å²) in [5, 5.41) is 4.20. The molecule has 5 nitrogen and oxygen atoms in total. The van der Waals surface area contributed by atoms with E-state index in [1.807, 2.05) is 12.1 Å². The summed E-state index contributed by atoms with van der Waals surface area (Å²) in [4.78, 5) is 19.5. The molecule has 3 aliphatic heterocycles. The van der Waals surface area contributed by atoms with Crippen LogP contribution in [0.4, 0.5) is 0 Å². The summed E-state index contributed by atoms with van der Waals surface area (Å²) >= 11 is 0. The van der Waals surface area contributed by atoms with Crippen molar-refractivity contribution in [1.29, 1.82) is 0 Å². The molecule has 1 saturated carbocycles. The Kier molecular flexibility index (Phi) is 2.48. The van der Waals surface area contributed by atoms with Crippen LogP contribution in [0.3, 0.4) is 0 Å². The molecule has 4 aliphatic rings. The van der Waals surface area contributed by atoms with Crippen molar-refractivity contribution < 1.29 is 9.21 Å². The summed E-state index contributed by atoms with van der Waals surface area (Å²) in [7, 11) is 0. The Hall–Kier alpha value is -1.88. The molecule has 6 rings (SSSR count). The number of carbonyl (C=O) groups is 1. The highest BCUT2D eigenvalue weighted by molar-refractivity contribution is 5.97. The Bertz CT molecular complexity index is 741. The minimum atomic E-state index is 0.000579. The first-order chi connectivity index (χ1) is 10.8. The van der Waals surface area contributed by atoms with Gasteiger partial charge in [0.25, 0.3) is 5.91 Å². The van der Waals surface area contributed by atoms with Gasteiger partial charge in [-0.2, -0.15) is 0 Å². The van der Waals surface area contributed by atoms with Crippen molar-refractivity contribution >= 4 is 17.0 Å². The van der Waals surface area contributed by atoms with E-state index in [0.717, 1.165) is 5.39 Å². The van der Waals surface area contributed by atoms with Gasteiger partial charge in [0.1, 0.15) is 0 Å². The van der Waals surface area contributed by atoms with Gasteiger partial charge >= 0.3 is 0 Å². The number of hydrogen-bond acceptors (Lipinski definition) is 4. The van der Waals surface area contributed by atoms with Gasteiger partial charge in [-0.15, -0.1) is 0 Å². The third-order valence-electron chi connectivity index (χ3n) is 5.84. The lowest BCUT2D eigenvalue weighted by Crippen LogP contribution is -2.65. The fourth-order valence-electron chi connectivity index (χ4n) is 4.53. The Morgan fingerprint density at radius 3 is 2.95 bits per heavy atom. The summed E-state index contributed by atoms with van der Waals surface area (Å²) in [6.07, 6.45) is 8.10. The molecule has 1 spiro atoms. The molecule has 1 N–H and O–H groups in total. The fraction of sp³-hybridized carbons (Fsp3) is 0.529. The van der Waals surface area contributed by atoms with Gasteiger partial charge < -0.3 is 9.73 Å². The van der Waals surface area contributed by atoms with Crippen LogP contribution in [0.25, 0.3) is 11.1 Å². The molecule has 1 amide bonds. The zero-order valence-corrected chi connectivity index (χ0v) is 12.4. The van der Waals surface area contributed by atoms with Crippen molar-refractivity contribution in [3.8, 4) is 0 Å². The Morgan fingerprint density at radius 2 is 2.18 bits per heavy atom. The lowest BCUT2D eigenvalue weighted by molar-refractivity contribution is -0.00145. The molecule has 1 aliphatic carbocycles. The Balaban J connectivity index is 1.42. The summed E-state index contributed by atoms with van der Waals surface area (Å²) in [6.45, 7) is 2.42. The molecule has 3 saturated heterocycles. The molecule has 2 aromatic rings. The number of carbonyl (C=O) groups excluding carboxylic acids is 1. The van der Waals surface area contributed by atoms with Crippen molar-refractivity contribution in [1.82, 2.24) is 15.2 Å². The first-order valence-electron chi connectivity index (χ1n) is 8.15. The number of piperidine rings is 3.